The van der Waals surface area contributed by atoms with Crippen molar-refractivity contribution in [3.8, 4) is 0 Å². The molecule has 0 bridgehead atoms. The predicted octanol–water partition coefficient (Wildman–Crippen LogP) is 6.14. The summed E-state index contributed by atoms with van der Waals surface area (Å²) < 4.78 is 0. The summed E-state index contributed by atoms with van der Waals surface area (Å²) in [5.41, 5.74) is 2.89. The van der Waals surface area contributed by atoms with Crippen LogP contribution in [0.3, 0.4) is 0 Å². The molecule has 0 amide bonds. The molecule has 1 heterocycles. The van der Waals surface area contributed by atoms with Crippen LogP contribution in [0, 0.1) is 6.92 Å². The Bertz CT molecular complexity index is 399. The molecule has 2 heteroatoms. The van der Waals surface area contributed by atoms with Crippen molar-refractivity contribution >= 4 is 11.3 Å². The Morgan fingerprint density at radius 1 is 1.25 bits per heavy atom. The number of nitrogens with zero attached hydrogens (tertiary/aromatic N) is 1. The summed E-state index contributed by atoms with van der Waals surface area (Å²) in [5.74, 6) is 0. The molecule has 0 unspecified atom stereocenters. The Labute approximate surface area is 129 Å². The van der Waals surface area contributed by atoms with Crippen LogP contribution in [0.4, 0.5) is 0 Å². The van der Waals surface area contributed by atoms with E-state index in [4.69, 9.17) is 0 Å². The molecular weight excluding hydrogens is 262 g/mol. The molecule has 1 nitrogen and oxygen atoms in total. The Morgan fingerprint density at radius 3 is 2.35 bits per heavy atom. The normalized spacial score (nSPS) is 12.2. The summed E-state index contributed by atoms with van der Waals surface area (Å²) in [6, 6.07) is 2.93. The van der Waals surface area contributed by atoms with Crippen molar-refractivity contribution in [2.24, 2.45) is 0 Å². The summed E-state index contributed by atoms with van der Waals surface area (Å²) in [5, 5.41) is 2.22. The van der Waals surface area contributed by atoms with Gasteiger partial charge in [-0.3, -0.25) is 0 Å². The van der Waals surface area contributed by atoms with Crippen LogP contribution in [0.15, 0.2) is 23.2 Å². The van der Waals surface area contributed by atoms with E-state index in [2.05, 4.69) is 57.0 Å². The van der Waals surface area contributed by atoms with Crippen LogP contribution in [0.25, 0.3) is 0 Å². The average Bonchev–Trinajstić information content (AvgIpc) is 2.81. The molecule has 0 aliphatic rings. The van der Waals surface area contributed by atoms with Crippen molar-refractivity contribution in [2.45, 2.75) is 79.3 Å². The molecule has 0 saturated heterocycles. The second kappa shape index (κ2) is 9.23. The summed E-state index contributed by atoms with van der Waals surface area (Å²) in [4.78, 5) is 4.17. The van der Waals surface area contributed by atoms with Gasteiger partial charge >= 0.3 is 0 Å². The number of thiophene rings is 1. The van der Waals surface area contributed by atoms with Crippen molar-refractivity contribution in [1.29, 1.82) is 0 Å². The zero-order valence-corrected chi connectivity index (χ0v) is 14.7. The third-order valence-electron chi connectivity index (χ3n) is 3.92. The molecule has 114 valence electrons. The summed E-state index contributed by atoms with van der Waals surface area (Å²) in [7, 11) is 0. The Hall–Kier alpha value is -0.760. The van der Waals surface area contributed by atoms with E-state index in [-0.39, 0.29) is 0 Å². The molecule has 0 N–H and O–H groups in total. The van der Waals surface area contributed by atoms with Crippen molar-refractivity contribution in [3.63, 3.8) is 0 Å². The van der Waals surface area contributed by atoms with Crippen LogP contribution in [-0.4, -0.2) is 10.9 Å². The SMILES string of the molecule is CC/C=C(\C)N(Cc1sccc1C)C(CCC)CCC. The summed E-state index contributed by atoms with van der Waals surface area (Å²) >= 11 is 1.90. The fourth-order valence-electron chi connectivity index (χ4n) is 2.80. The monoisotopic (exact) mass is 293 g/mol. The van der Waals surface area contributed by atoms with Crippen LogP contribution in [0.1, 0.15) is 70.2 Å². The molecule has 0 fully saturated rings. The standard InChI is InChI=1S/C18H31NS/c1-6-9-16(5)19(17(10-7-2)11-8-3)14-18-15(4)12-13-20-18/h9,12-13,17H,6-8,10-11,14H2,1-5H3/b16-9+. The highest BCUT2D eigenvalue weighted by Gasteiger charge is 2.18. The number of hydrogen-bond acceptors (Lipinski definition) is 2. The molecular formula is C18H31NS. The smallest absolute Gasteiger partial charge is 0.0525 e. The van der Waals surface area contributed by atoms with E-state index >= 15 is 0 Å². The van der Waals surface area contributed by atoms with Crippen molar-refractivity contribution in [3.05, 3.63) is 33.7 Å². The molecule has 0 atom stereocenters. The lowest BCUT2D eigenvalue weighted by Crippen LogP contribution is -2.33. The number of hydrogen-bond donors (Lipinski definition) is 0. The number of rotatable bonds is 9. The number of allylic oxidation sites excluding steroid dienone is 2. The van der Waals surface area contributed by atoms with Crippen LogP contribution < -0.4 is 0 Å². The van der Waals surface area contributed by atoms with Crippen molar-refractivity contribution < 1.29 is 0 Å². The minimum atomic E-state index is 0.689. The lowest BCUT2D eigenvalue weighted by molar-refractivity contribution is 0.218. The van der Waals surface area contributed by atoms with E-state index in [1.54, 1.807) is 0 Å². The van der Waals surface area contributed by atoms with Crippen molar-refractivity contribution in [2.75, 3.05) is 0 Å². The van der Waals surface area contributed by atoms with Gasteiger partial charge in [-0.25, -0.2) is 0 Å². The van der Waals surface area contributed by atoms with Crippen LogP contribution >= 0.6 is 11.3 Å². The first kappa shape index (κ1) is 17.3. The van der Waals surface area contributed by atoms with Gasteiger partial charge in [0, 0.05) is 16.6 Å². The van der Waals surface area contributed by atoms with E-state index < -0.39 is 0 Å². The van der Waals surface area contributed by atoms with Gasteiger partial charge in [0.15, 0.2) is 0 Å². The second-order valence-corrected chi connectivity index (χ2v) is 6.64. The molecule has 20 heavy (non-hydrogen) atoms. The van der Waals surface area contributed by atoms with Gasteiger partial charge in [0.05, 0.1) is 6.54 Å². The largest absolute Gasteiger partial charge is 0.367 e. The van der Waals surface area contributed by atoms with E-state index in [9.17, 15) is 0 Å². The Balaban J connectivity index is 2.94. The quantitative estimate of drug-likeness (QED) is 0.528. The predicted molar refractivity (Wildman–Crippen MR) is 92.3 cm³/mol. The molecule has 0 saturated carbocycles. The van der Waals surface area contributed by atoms with Gasteiger partial charge in [-0.15, -0.1) is 11.3 Å². The maximum atomic E-state index is 2.65. The minimum absolute atomic E-state index is 0.689. The molecule has 1 aromatic rings. The van der Waals surface area contributed by atoms with E-state index in [1.165, 1.54) is 41.8 Å². The van der Waals surface area contributed by atoms with Gasteiger partial charge in [-0.1, -0.05) is 39.7 Å². The van der Waals surface area contributed by atoms with E-state index in [0.29, 0.717) is 6.04 Å². The van der Waals surface area contributed by atoms with Gasteiger partial charge in [0.25, 0.3) is 0 Å². The number of aryl methyl sites for hydroxylation is 1. The highest BCUT2D eigenvalue weighted by Crippen LogP contribution is 2.25. The van der Waals surface area contributed by atoms with Gasteiger partial charge in [0.2, 0.25) is 0 Å². The van der Waals surface area contributed by atoms with Crippen molar-refractivity contribution in [1.82, 2.24) is 4.90 Å². The molecule has 1 rings (SSSR count). The van der Waals surface area contributed by atoms with E-state index in [1.807, 2.05) is 11.3 Å². The molecule has 0 radical (unpaired) electrons. The zero-order valence-electron chi connectivity index (χ0n) is 13.9. The maximum Gasteiger partial charge on any atom is 0.0525 e. The van der Waals surface area contributed by atoms with Gasteiger partial charge in [0.1, 0.15) is 0 Å². The highest BCUT2D eigenvalue weighted by molar-refractivity contribution is 7.10. The molecule has 0 aromatic carbocycles. The summed E-state index contributed by atoms with van der Waals surface area (Å²) in [6.45, 7) is 12.4. The van der Waals surface area contributed by atoms with Crippen LogP contribution in [0.2, 0.25) is 0 Å². The van der Waals surface area contributed by atoms with Crippen LogP contribution in [0.5, 0.6) is 0 Å². The Morgan fingerprint density at radius 2 is 1.90 bits per heavy atom. The van der Waals surface area contributed by atoms with Gasteiger partial charge in [-0.2, -0.15) is 0 Å². The van der Waals surface area contributed by atoms with Crippen LogP contribution in [-0.2, 0) is 6.54 Å². The first-order chi connectivity index (χ1) is 9.63. The Kier molecular flexibility index (Phi) is 7.98. The summed E-state index contributed by atoms with van der Waals surface area (Å²) in [6.07, 6.45) is 8.63. The van der Waals surface area contributed by atoms with Gasteiger partial charge < -0.3 is 4.90 Å². The maximum absolute atomic E-state index is 2.65. The first-order valence-electron chi connectivity index (χ1n) is 8.10. The van der Waals surface area contributed by atoms with E-state index in [0.717, 1.165) is 13.0 Å². The fraction of sp³-hybridized carbons (Fsp3) is 0.667. The minimum Gasteiger partial charge on any atom is -0.367 e. The molecule has 1 aromatic heterocycles. The zero-order chi connectivity index (χ0) is 15.0. The first-order valence-corrected chi connectivity index (χ1v) is 8.98. The fourth-order valence-corrected chi connectivity index (χ4v) is 3.70. The molecule has 0 aliphatic heterocycles. The molecule has 0 aliphatic carbocycles. The topological polar surface area (TPSA) is 3.24 Å². The average molecular weight is 294 g/mol. The third kappa shape index (κ3) is 4.97. The van der Waals surface area contributed by atoms with Gasteiger partial charge in [-0.05, 0) is 50.1 Å². The second-order valence-electron chi connectivity index (χ2n) is 5.64. The molecule has 0 spiro atoms. The highest BCUT2D eigenvalue weighted by atomic mass is 32.1. The lowest BCUT2D eigenvalue weighted by Gasteiger charge is -2.34. The third-order valence-corrected chi connectivity index (χ3v) is 4.93. The lowest BCUT2D eigenvalue weighted by atomic mass is 10.0.